The standard InChI is InChI=1S/C15H17N3O3S/c1-18(9-7-12(19)20)15(21)17-13(14-16-8-10-22-14)11-5-3-2-4-6-11/h2-6,8,10,13H,7,9H2,1H3,(H,17,21)(H,19,20). The monoisotopic (exact) mass is 319 g/mol. The first-order chi connectivity index (χ1) is 10.6. The Balaban J connectivity index is 2.10. The van der Waals surface area contributed by atoms with Crippen molar-refractivity contribution in [1.29, 1.82) is 0 Å². The largest absolute Gasteiger partial charge is 0.481 e. The molecule has 2 aromatic rings. The number of hydrogen-bond acceptors (Lipinski definition) is 4. The molecule has 1 atom stereocenters. The molecule has 1 heterocycles. The fraction of sp³-hybridized carbons (Fsp3) is 0.267. The van der Waals surface area contributed by atoms with E-state index >= 15 is 0 Å². The van der Waals surface area contributed by atoms with Crippen molar-refractivity contribution >= 4 is 23.3 Å². The molecule has 0 spiro atoms. The summed E-state index contributed by atoms with van der Waals surface area (Å²) >= 11 is 1.46. The number of nitrogens with zero attached hydrogens (tertiary/aromatic N) is 2. The topological polar surface area (TPSA) is 82.5 Å². The first-order valence-electron chi connectivity index (χ1n) is 6.75. The number of carboxylic acids is 1. The second-order valence-electron chi connectivity index (χ2n) is 4.73. The van der Waals surface area contributed by atoms with Gasteiger partial charge in [0, 0.05) is 25.2 Å². The van der Waals surface area contributed by atoms with Crippen LogP contribution in [0.25, 0.3) is 0 Å². The van der Waals surface area contributed by atoms with Crippen molar-refractivity contribution < 1.29 is 14.7 Å². The molecule has 1 unspecified atom stereocenters. The van der Waals surface area contributed by atoms with Crippen LogP contribution in [0.15, 0.2) is 41.9 Å². The predicted octanol–water partition coefficient (Wildman–Crippen LogP) is 2.35. The van der Waals surface area contributed by atoms with Crippen molar-refractivity contribution in [2.75, 3.05) is 13.6 Å². The van der Waals surface area contributed by atoms with Gasteiger partial charge in [0.2, 0.25) is 0 Å². The normalized spacial score (nSPS) is 11.7. The molecular formula is C15H17N3O3S. The summed E-state index contributed by atoms with van der Waals surface area (Å²) in [6, 6.07) is 8.87. The van der Waals surface area contributed by atoms with Gasteiger partial charge in [0.05, 0.1) is 6.42 Å². The maximum Gasteiger partial charge on any atom is 0.317 e. The van der Waals surface area contributed by atoms with E-state index < -0.39 is 5.97 Å². The van der Waals surface area contributed by atoms with Gasteiger partial charge in [-0.05, 0) is 5.56 Å². The minimum atomic E-state index is -0.931. The molecule has 0 aliphatic rings. The number of carbonyl (C=O) groups excluding carboxylic acids is 1. The van der Waals surface area contributed by atoms with E-state index in [4.69, 9.17) is 5.11 Å². The maximum atomic E-state index is 12.2. The van der Waals surface area contributed by atoms with Gasteiger partial charge in [-0.15, -0.1) is 11.3 Å². The zero-order chi connectivity index (χ0) is 15.9. The molecule has 2 rings (SSSR count). The molecular weight excluding hydrogens is 302 g/mol. The molecule has 2 N–H and O–H groups in total. The van der Waals surface area contributed by atoms with E-state index in [0.717, 1.165) is 10.6 Å². The molecule has 0 aliphatic heterocycles. The van der Waals surface area contributed by atoms with Crippen LogP contribution in [0.2, 0.25) is 0 Å². The van der Waals surface area contributed by atoms with Gasteiger partial charge in [-0.2, -0.15) is 0 Å². The Morgan fingerprint density at radius 2 is 2.09 bits per heavy atom. The number of carboxylic acid groups (broad SMARTS) is 1. The third-order valence-electron chi connectivity index (χ3n) is 3.11. The van der Waals surface area contributed by atoms with Crippen LogP contribution in [0.1, 0.15) is 23.0 Å². The second kappa shape index (κ2) is 7.56. The lowest BCUT2D eigenvalue weighted by Gasteiger charge is -2.22. The van der Waals surface area contributed by atoms with E-state index in [-0.39, 0.29) is 25.0 Å². The number of benzene rings is 1. The molecule has 0 radical (unpaired) electrons. The average Bonchev–Trinajstić information content (AvgIpc) is 3.04. The zero-order valence-corrected chi connectivity index (χ0v) is 12.9. The van der Waals surface area contributed by atoms with Crippen LogP contribution in [0, 0.1) is 0 Å². The van der Waals surface area contributed by atoms with Gasteiger partial charge in [-0.1, -0.05) is 30.3 Å². The number of amides is 2. The Bertz CT molecular complexity index is 616. The smallest absolute Gasteiger partial charge is 0.317 e. The maximum absolute atomic E-state index is 12.2. The van der Waals surface area contributed by atoms with Gasteiger partial charge in [0.25, 0.3) is 0 Å². The third kappa shape index (κ3) is 4.29. The van der Waals surface area contributed by atoms with Crippen molar-refractivity contribution in [2.45, 2.75) is 12.5 Å². The first-order valence-corrected chi connectivity index (χ1v) is 7.63. The molecule has 116 valence electrons. The average molecular weight is 319 g/mol. The Morgan fingerprint density at radius 3 is 2.68 bits per heavy atom. The molecule has 0 saturated heterocycles. The highest BCUT2D eigenvalue weighted by Gasteiger charge is 2.21. The molecule has 7 heteroatoms. The van der Waals surface area contributed by atoms with Crippen LogP contribution in [-0.2, 0) is 4.79 Å². The fourth-order valence-electron chi connectivity index (χ4n) is 1.91. The van der Waals surface area contributed by atoms with Gasteiger partial charge < -0.3 is 15.3 Å². The molecule has 0 saturated carbocycles. The molecule has 0 bridgehead atoms. The quantitative estimate of drug-likeness (QED) is 0.856. The summed E-state index contributed by atoms with van der Waals surface area (Å²) in [5, 5.41) is 14.2. The van der Waals surface area contributed by atoms with E-state index in [1.165, 1.54) is 16.2 Å². The van der Waals surface area contributed by atoms with Crippen molar-refractivity contribution in [3.63, 3.8) is 0 Å². The fourth-order valence-corrected chi connectivity index (χ4v) is 2.62. The molecule has 0 aliphatic carbocycles. The molecule has 2 amide bonds. The third-order valence-corrected chi connectivity index (χ3v) is 3.95. The Morgan fingerprint density at radius 1 is 1.36 bits per heavy atom. The Hall–Kier alpha value is -2.41. The van der Waals surface area contributed by atoms with Crippen LogP contribution >= 0.6 is 11.3 Å². The highest BCUT2D eigenvalue weighted by molar-refractivity contribution is 7.09. The Labute approximate surface area is 132 Å². The predicted molar refractivity (Wildman–Crippen MR) is 83.8 cm³/mol. The lowest BCUT2D eigenvalue weighted by Crippen LogP contribution is -2.40. The van der Waals surface area contributed by atoms with E-state index in [1.807, 2.05) is 35.7 Å². The van der Waals surface area contributed by atoms with Crippen molar-refractivity contribution in [2.24, 2.45) is 0 Å². The lowest BCUT2D eigenvalue weighted by molar-refractivity contribution is -0.137. The first kappa shape index (κ1) is 16.0. The highest BCUT2D eigenvalue weighted by atomic mass is 32.1. The molecule has 1 aromatic carbocycles. The Kier molecular flexibility index (Phi) is 5.48. The van der Waals surface area contributed by atoms with E-state index in [0.29, 0.717) is 0 Å². The van der Waals surface area contributed by atoms with Gasteiger partial charge in [0.1, 0.15) is 11.0 Å². The highest BCUT2D eigenvalue weighted by Crippen LogP contribution is 2.23. The van der Waals surface area contributed by atoms with Crippen LogP contribution in [0.4, 0.5) is 4.79 Å². The summed E-state index contributed by atoms with van der Waals surface area (Å²) in [6.45, 7) is 0.153. The van der Waals surface area contributed by atoms with Crippen LogP contribution in [0.3, 0.4) is 0 Å². The summed E-state index contributed by atoms with van der Waals surface area (Å²) in [5.74, 6) is -0.931. The summed E-state index contributed by atoms with van der Waals surface area (Å²) < 4.78 is 0. The molecule has 1 aromatic heterocycles. The number of aliphatic carboxylic acids is 1. The minimum Gasteiger partial charge on any atom is -0.481 e. The number of nitrogens with one attached hydrogen (secondary N) is 1. The van der Waals surface area contributed by atoms with Gasteiger partial charge >= 0.3 is 12.0 Å². The molecule has 22 heavy (non-hydrogen) atoms. The van der Waals surface area contributed by atoms with E-state index in [2.05, 4.69) is 10.3 Å². The van der Waals surface area contributed by atoms with Crippen molar-refractivity contribution in [3.05, 3.63) is 52.5 Å². The number of carbonyl (C=O) groups is 2. The number of rotatable bonds is 6. The summed E-state index contributed by atoms with van der Waals surface area (Å²) in [5.41, 5.74) is 0.928. The minimum absolute atomic E-state index is 0.0861. The molecule has 0 fully saturated rings. The number of aromatic nitrogens is 1. The zero-order valence-electron chi connectivity index (χ0n) is 12.1. The second-order valence-corrected chi connectivity index (χ2v) is 5.65. The van der Waals surface area contributed by atoms with E-state index in [9.17, 15) is 9.59 Å². The van der Waals surface area contributed by atoms with Crippen molar-refractivity contribution in [3.8, 4) is 0 Å². The number of thiazole rings is 1. The van der Waals surface area contributed by atoms with Crippen LogP contribution in [-0.4, -0.2) is 40.6 Å². The van der Waals surface area contributed by atoms with Crippen LogP contribution in [0.5, 0.6) is 0 Å². The van der Waals surface area contributed by atoms with Gasteiger partial charge in [0.15, 0.2) is 0 Å². The number of urea groups is 1. The van der Waals surface area contributed by atoms with Crippen LogP contribution < -0.4 is 5.32 Å². The SMILES string of the molecule is CN(CCC(=O)O)C(=O)NC(c1ccccc1)c1nccs1. The number of hydrogen-bond donors (Lipinski definition) is 2. The van der Waals surface area contributed by atoms with E-state index in [1.54, 1.807) is 13.2 Å². The summed E-state index contributed by atoms with van der Waals surface area (Å²) in [6.07, 6.45) is 1.60. The van der Waals surface area contributed by atoms with Crippen molar-refractivity contribution in [1.82, 2.24) is 15.2 Å². The molecule has 6 nitrogen and oxygen atoms in total. The summed E-state index contributed by atoms with van der Waals surface area (Å²) in [7, 11) is 1.57. The lowest BCUT2D eigenvalue weighted by atomic mass is 10.1. The van der Waals surface area contributed by atoms with Gasteiger partial charge in [-0.25, -0.2) is 9.78 Å². The van der Waals surface area contributed by atoms with Gasteiger partial charge in [-0.3, -0.25) is 4.79 Å². The summed E-state index contributed by atoms with van der Waals surface area (Å²) in [4.78, 5) is 28.5.